The Bertz CT molecular complexity index is 1530. The van der Waals surface area contributed by atoms with Gasteiger partial charge >= 0.3 is 0 Å². The van der Waals surface area contributed by atoms with Crippen molar-refractivity contribution in [1.82, 2.24) is 14.7 Å². The van der Waals surface area contributed by atoms with Crippen LogP contribution in [0.3, 0.4) is 0 Å². The van der Waals surface area contributed by atoms with Gasteiger partial charge in [0.15, 0.2) is 0 Å². The molecule has 0 N–H and O–H groups in total. The first kappa shape index (κ1) is 24.4. The molecular weight excluding hydrogens is 508 g/mol. The van der Waals surface area contributed by atoms with Gasteiger partial charge in [-0.3, -0.25) is 19.8 Å². The standard InChI is InChI=1S/C27H20N4O4S2/c1-35-23-12-10-18(11-13-23)16-29-26(32)24(37-27(29)36)15-20-17-30(21-7-3-2-4-8-21)28-25(20)19-6-5-9-22(14-19)31(33)34/h2-15,17H,16H2,1H3. The maximum atomic E-state index is 13.3. The van der Waals surface area contributed by atoms with E-state index in [2.05, 4.69) is 0 Å². The molecule has 4 aromatic rings. The highest BCUT2D eigenvalue weighted by Crippen LogP contribution is 2.36. The zero-order valence-corrected chi connectivity index (χ0v) is 21.2. The zero-order chi connectivity index (χ0) is 25.9. The van der Waals surface area contributed by atoms with E-state index in [-0.39, 0.29) is 11.6 Å². The van der Waals surface area contributed by atoms with Crippen LogP contribution in [-0.4, -0.2) is 36.9 Å². The van der Waals surface area contributed by atoms with Crippen LogP contribution in [0, 0.1) is 10.1 Å². The van der Waals surface area contributed by atoms with E-state index in [1.807, 2.05) is 54.6 Å². The average Bonchev–Trinajstić information content (AvgIpc) is 3.46. The number of carbonyl (C=O) groups excluding carboxylic acids is 1. The van der Waals surface area contributed by atoms with Crippen LogP contribution in [0.4, 0.5) is 5.69 Å². The highest BCUT2D eigenvalue weighted by atomic mass is 32.2. The van der Waals surface area contributed by atoms with Crippen molar-refractivity contribution in [2.75, 3.05) is 7.11 Å². The summed E-state index contributed by atoms with van der Waals surface area (Å²) >= 11 is 6.74. The first-order valence-corrected chi connectivity index (χ1v) is 12.4. The Morgan fingerprint density at radius 3 is 2.54 bits per heavy atom. The van der Waals surface area contributed by atoms with Crippen LogP contribution in [0.1, 0.15) is 11.1 Å². The molecule has 184 valence electrons. The number of hydrogen-bond donors (Lipinski definition) is 0. The van der Waals surface area contributed by atoms with Gasteiger partial charge in [0.25, 0.3) is 11.6 Å². The molecule has 3 aromatic carbocycles. The first-order valence-electron chi connectivity index (χ1n) is 11.2. The minimum Gasteiger partial charge on any atom is -0.497 e. The van der Waals surface area contributed by atoms with Gasteiger partial charge in [0.1, 0.15) is 15.8 Å². The summed E-state index contributed by atoms with van der Waals surface area (Å²) in [6.45, 7) is 0.340. The van der Waals surface area contributed by atoms with E-state index in [0.717, 1.165) is 17.0 Å². The Morgan fingerprint density at radius 2 is 1.84 bits per heavy atom. The number of nitro benzene ring substituents is 1. The molecule has 1 aromatic heterocycles. The van der Waals surface area contributed by atoms with Crippen LogP contribution in [0.5, 0.6) is 5.75 Å². The second kappa shape index (κ2) is 10.4. The van der Waals surface area contributed by atoms with Crippen LogP contribution in [-0.2, 0) is 11.3 Å². The summed E-state index contributed by atoms with van der Waals surface area (Å²) < 4.78 is 7.35. The molecule has 1 aliphatic rings. The molecule has 1 fully saturated rings. The fourth-order valence-corrected chi connectivity index (χ4v) is 5.13. The fourth-order valence-electron chi connectivity index (χ4n) is 3.89. The molecule has 8 nitrogen and oxygen atoms in total. The number of methoxy groups -OCH3 is 1. The number of nitro groups is 1. The summed E-state index contributed by atoms with van der Waals surface area (Å²) in [5.74, 6) is 0.529. The van der Waals surface area contributed by atoms with Crippen LogP contribution in [0.2, 0.25) is 0 Å². The highest BCUT2D eigenvalue weighted by molar-refractivity contribution is 8.26. The van der Waals surface area contributed by atoms with Crippen LogP contribution in [0.25, 0.3) is 23.0 Å². The van der Waals surface area contributed by atoms with Crippen molar-refractivity contribution in [2.45, 2.75) is 6.54 Å². The first-order chi connectivity index (χ1) is 17.9. The van der Waals surface area contributed by atoms with E-state index >= 15 is 0 Å². The lowest BCUT2D eigenvalue weighted by atomic mass is 10.1. The zero-order valence-electron chi connectivity index (χ0n) is 19.6. The average molecular weight is 529 g/mol. The van der Waals surface area contributed by atoms with Crippen LogP contribution < -0.4 is 4.74 Å². The summed E-state index contributed by atoms with van der Waals surface area (Å²) in [6.07, 6.45) is 3.55. The Hall–Kier alpha value is -4.28. The van der Waals surface area contributed by atoms with Crippen molar-refractivity contribution in [1.29, 1.82) is 0 Å². The van der Waals surface area contributed by atoms with Crippen LogP contribution in [0.15, 0.2) is 90.0 Å². The van der Waals surface area contributed by atoms with E-state index < -0.39 is 4.92 Å². The minimum absolute atomic E-state index is 0.0384. The maximum absolute atomic E-state index is 13.3. The Kier molecular flexibility index (Phi) is 6.85. The molecule has 0 unspecified atom stereocenters. The monoisotopic (exact) mass is 528 g/mol. The van der Waals surface area contributed by atoms with Crippen molar-refractivity contribution in [2.24, 2.45) is 0 Å². The number of para-hydroxylation sites is 1. The number of aromatic nitrogens is 2. The van der Waals surface area contributed by atoms with E-state index in [0.29, 0.717) is 32.6 Å². The number of amides is 1. The SMILES string of the molecule is COc1ccc(CN2C(=O)C(=Cc3cn(-c4ccccc4)nc3-c3cccc([N+](=O)[O-])c3)SC2=S)cc1. The predicted molar refractivity (Wildman–Crippen MR) is 147 cm³/mol. The molecule has 0 radical (unpaired) electrons. The fraction of sp³-hybridized carbons (Fsp3) is 0.0741. The number of thioether (sulfide) groups is 1. The third-order valence-corrected chi connectivity index (χ3v) is 7.13. The summed E-state index contributed by atoms with van der Waals surface area (Å²) in [7, 11) is 1.60. The summed E-state index contributed by atoms with van der Waals surface area (Å²) in [4.78, 5) is 26.3. The van der Waals surface area contributed by atoms with Crippen molar-refractivity contribution in [3.8, 4) is 22.7 Å². The largest absolute Gasteiger partial charge is 0.497 e. The minimum atomic E-state index is -0.443. The molecule has 5 rings (SSSR count). The van der Waals surface area contributed by atoms with Crippen LogP contribution >= 0.6 is 24.0 Å². The van der Waals surface area contributed by atoms with E-state index in [1.54, 1.807) is 41.1 Å². The van der Waals surface area contributed by atoms with E-state index in [4.69, 9.17) is 22.1 Å². The summed E-state index contributed by atoms with van der Waals surface area (Å²) in [5.41, 5.74) is 3.45. The number of rotatable bonds is 7. The van der Waals surface area contributed by atoms with Gasteiger partial charge in [0.2, 0.25) is 0 Å². The lowest BCUT2D eigenvalue weighted by Gasteiger charge is -2.14. The second-order valence-corrected chi connectivity index (χ2v) is 9.81. The quantitative estimate of drug-likeness (QED) is 0.128. The Balaban J connectivity index is 1.51. The van der Waals surface area contributed by atoms with Crippen molar-refractivity contribution < 1.29 is 14.5 Å². The number of ether oxygens (including phenoxy) is 1. The lowest BCUT2D eigenvalue weighted by Crippen LogP contribution is -2.27. The highest BCUT2D eigenvalue weighted by Gasteiger charge is 2.32. The van der Waals surface area contributed by atoms with E-state index in [9.17, 15) is 14.9 Å². The van der Waals surface area contributed by atoms with Crippen molar-refractivity contribution >= 4 is 46.0 Å². The van der Waals surface area contributed by atoms with Gasteiger partial charge in [-0.1, -0.05) is 66.4 Å². The molecule has 37 heavy (non-hydrogen) atoms. The van der Waals surface area contributed by atoms with Gasteiger partial charge in [-0.2, -0.15) is 5.10 Å². The number of hydrogen-bond acceptors (Lipinski definition) is 7. The molecular formula is C27H20N4O4S2. The molecule has 1 saturated heterocycles. The van der Waals surface area contributed by atoms with Gasteiger partial charge in [0, 0.05) is 29.5 Å². The van der Waals surface area contributed by atoms with Crippen molar-refractivity contribution in [3.05, 3.63) is 111 Å². The van der Waals surface area contributed by atoms with Gasteiger partial charge < -0.3 is 4.74 Å². The molecule has 2 heterocycles. The van der Waals surface area contributed by atoms with Crippen molar-refractivity contribution in [3.63, 3.8) is 0 Å². The smallest absolute Gasteiger partial charge is 0.270 e. The summed E-state index contributed by atoms with van der Waals surface area (Å²) in [5, 5.41) is 16.1. The molecule has 1 aliphatic heterocycles. The van der Waals surface area contributed by atoms with Gasteiger partial charge in [-0.25, -0.2) is 4.68 Å². The van der Waals surface area contributed by atoms with Gasteiger partial charge in [0.05, 0.1) is 29.2 Å². The van der Waals surface area contributed by atoms with E-state index in [1.165, 1.54) is 23.9 Å². The second-order valence-electron chi connectivity index (χ2n) is 8.14. The maximum Gasteiger partial charge on any atom is 0.270 e. The number of nitrogens with zero attached hydrogens (tertiary/aromatic N) is 4. The molecule has 0 bridgehead atoms. The normalized spacial score (nSPS) is 14.4. The Labute approximate surface area is 222 Å². The van der Waals surface area contributed by atoms with Gasteiger partial charge in [-0.15, -0.1) is 0 Å². The number of benzene rings is 3. The molecule has 0 atom stereocenters. The molecule has 0 aliphatic carbocycles. The predicted octanol–water partition coefficient (Wildman–Crippen LogP) is 5.86. The third-order valence-electron chi connectivity index (χ3n) is 5.75. The Morgan fingerprint density at radius 1 is 1.08 bits per heavy atom. The topological polar surface area (TPSA) is 90.5 Å². The molecule has 1 amide bonds. The molecule has 10 heteroatoms. The van der Waals surface area contributed by atoms with Gasteiger partial charge in [-0.05, 0) is 35.9 Å². The molecule has 0 spiro atoms. The number of carbonyl (C=O) groups is 1. The summed E-state index contributed by atoms with van der Waals surface area (Å²) in [6, 6.07) is 23.3. The number of thiocarbonyl (C=S) groups is 1. The molecule has 0 saturated carbocycles. The number of non-ortho nitro benzene ring substituents is 1. The third kappa shape index (κ3) is 5.16. The lowest BCUT2D eigenvalue weighted by molar-refractivity contribution is -0.384.